The number of nitrogens with two attached hydrogens (primary N) is 1. The number of benzene rings is 1. The highest BCUT2D eigenvalue weighted by atomic mass is 79.9. The minimum atomic E-state index is -0.741. The molecule has 1 aliphatic rings. The van der Waals surface area contributed by atoms with Crippen molar-refractivity contribution in [2.45, 2.75) is 37.7 Å². The van der Waals surface area contributed by atoms with Gasteiger partial charge in [0, 0.05) is 22.3 Å². The topological polar surface area (TPSA) is 75.4 Å². The SMILES string of the molecule is Nc1cc(C(=O)NCC2(O)CCCCC2)ccc1Br. The first-order valence-electron chi connectivity index (χ1n) is 6.56. The third-order valence-corrected chi connectivity index (χ3v) is 4.34. The number of nitrogens with one attached hydrogen (secondary N) is 1. The minimum Gasteiger partial charge on any atom is -0.398 e. The number of anilines is 1. The lowest BCUT2D eigenvalue weighted by Gasteiger charge is -2.32. The van der Waals surface area contributed by atoms with E-state index in [1.54, 1.807) is 18.2 Å². The molecule has 0 bridgehead atoms. The van der Waals surface area contributed by atoms with E-state index >= 15 is 0 Å². The number of rotatable bonds is 3. The van der Waals surface area contributed by atoms with Gasteiger partial charge in [-0.3, -0.25) is 4.79 Å². The van der Waals surface area contributed by atoms with Crippen molar-refractivity contribution in [2.24, 2.45) is 0 Å². The Morgan fingerprint density at radius 1 is 1.37 bits per heavy atom. The van der Waals surface area contributed by atoms with Crippen molar-refractivity contribution in [1.82, 2.24) is 5.32 Å². The summed E-state index contributed by atoms with van der Waals surface area (Å²) in [5.74, 6) is -0.196. The fraction of sp³-hybridized carbons (Fsp3) is 0.500. The van der Waals surface area contributed by atoms with Crippen molar-refractivity contribution in [3.05, 3.63) is 28.2 Å². The van der Waals surface area contributed by atoms with Crippen molar-refractivity contribution in [2.75, 3.05) is 12.3 Å². The van der Waals surface area contributed by atoms with Crippen LogP contribution in [-0.4, -0.2) is 23.2 Å². The molecule has 4 nitrogen and oxygen atoms in total. The van der Waals surface area contributed by atoms with Gasteiger partial charge >= 0.3 is 0 Å². The fourth-order valence-electron chi connectivity index (χ4n) is 2.42. The number of amides is 1. The van der Waals surface area contributed by atoms with E-state index in [4.69, 9.17) is 5.73 Å². The molecule has 1 aromatic carbocycles. The first-order valence-corrected chi connectivity index (χ1v) is 7.35. The molecule has 1 amide bonds. The van der Waals surface area contributed by atoms with E-state index in [0.29, 0.717) is 17.8 Å². The third-order valence-electron chi connectivity index (χ3n) is 3.62. The van der Waals surface area contributed by atoms with Gasteiger partial charge in [-0.05, 0) is 47.0 Å². The largest absolute Gasteiger partial charge is 0.398 e. The Morgan fingerprint density at radius 3 is 2.68 bits per heavy atom. The Bertz CT molecular complexity index is 471. The van der Waals surface area contributed by atoms with Gasteiger partial charge in [0.05, 0.1) is 5.60 Å². The van der Waals surface area contributed by atoms with Crippen LogP contribution in [-0.2, 0) is 0 Å². The molecule has 0 aromatic heterocycles. The average molecular weight is 327 g/mol. The summed E-state index contributed by atoms with van der Waals surface area (Å²) in [5, 5.41) is 13.1. The summed E-state index contributed by atoms with van der Waals surface area (Å²) in [4.78, 5) is 12.0. The summed E-state index contributed by atoms with van der Waals surface area (Å²) in [5.41, 5.74) is 6.05. The molecule has 5 heteroatoms. The van der Waals surface area contributed by atoms with Crippen LogP contribution in [0.25, 0.3) is 0 Å². The second kappa shape index (κ2) is 5.92. The van der Waals surface area contributed by atoms with Crippen LogP contribution in [0.1, 0.15) is 42.5 Å². The van der Waals surface area contributed by atoms with Crippen molar-refractivity contribution >= 4 is 27.5 Å². The number of aliphatic hydroxyl groups is 1. The molecular formula is C14H19BrN2O2. The lowest BCUT2D eigenvalue weighted by molar-refractivity contribution is 0.00526. The fourth-order valence-corrected chi connectivity index (χ4v) is 2.67. The van der Waals surface area contributed by atoms with E-state index in [1.165, 1.54) is 6.42 Å². The smallest absolute Gasteiger partial charge is 0.251 e. The predicted molar refractivity (Wildman–Crippen MR) is 78.9 cm³/mol. The summed E-state index contributed by atoms with van der Waals surface area (Å²) in [6.07, 6.45) is 4.74. The summed E-state index contributed by atoms with van der Waals surface area (Å²) < 4.78 is 0.773. The summed E-state index contributed by atoms with van der Waals surface area (Å²) in [6, 6.07) is 5.09. The third kappa shape index (κ3) is 3.70. The minimum absolute atomic E-state index is 0.196. The molecule has 0 unspecified atom stereocenters. The van der Waals surface area contributed by atoms with Gasteiger partial charge in [0.2, 0.25) is 0 Å². The number of carbonyl (C=O) groups excluding carboxylic acids is 1. The van der Waals surface area contributed by atoms with E-state index < -0.39 is 5.60 Å². The Morgan fingerprint density at radius 2 is 2.05 bits per heavy atom. The second-order valence-corrected chi connectivity index (χ2v) is 6.06. The van der Waals surface area contributed by atoms with Crippen molar-refractivity contribution < 1.29 is 9.90 Å². The first-order chi connectivity index (χ1) is 9.00. The summed E-state index contributed by atoms with van der Waals surface area (Å²) in [7, 11) is 0. The lowest BCUT2D eigenvalue weighted by atomic mass is 9.85. The molecule has 104 valence electrons. The van der Waals surface area contributed by atoms with Gasteiger partial charge in [-0.2, -0.15) is 0 Å². The summed E-state index contributed by atoms with van der Waals surface area (Å²) in [6.45, 7) is 0.307. The van der Waals surface area contributed by atoms with Crippen LogP contribution < -0.4 is 11.1 Å². The molecule has 0 saturated heterocycles. The molecule has 1 saturated carbocycles. The van der Waals surface area contributed by atoms with Gasteiger partial charge in [-0.25, -0.2) is 0 Å². The maximum atomic E-state index is 12.0. The molecule has 19 heavy (non-hydrogen) atoms. The normalized spacial score (nSPS) is 18.0. The van der Waals surface area contributed by atoms with Crippen LogP contribution >= 0.6 is 15.9 Å². The van der Waals surface area contributed by atoms with Gasteiger partial charge < -0.3 is 16.2 Å². The van der Waals surface area contributed by atoms with Crippen LogP contribution in [0.3, 0.4) is 0 Å². The monoisotopic (exact) mass is 326 g/mol. The Hall–Kier alpha value is -1.07. The number of nitrogen functional groups attached to an aromatic ring is 1. The number of carbonyl (C=O) groups is 1. The number of hydrogen-bond donors (Lipinski definition) is 3. The highest BCUT2D eigenvalue weighted by molar-refractivity contribution is 9.10. The molecule has 0 aliphatic heterocycles. The van der Waals surface area contributed by atoms with E-state index in [0.717, 1.165) is 30.2 Å². The van der Waals surface area contributed by atoms with E-state index in [2.05, 4.69) is 21.2 Å². The van der Waals surface area contributed by atoms with Gasteiger partial charge in [0.1, 0.15) is 0 Å². The Labute approximate surface area is 121 Å². The predicted octanol–water partition coefficient (Wildman–Crippen LogP) is 2.46. The highest BCUT2D eigenvalue weighted by Gasteiger charge is 2.29. The Balaban J connectivity index is 1.95. The number of halogens is 1. The van der Waals surface area contributed by atoms with Gasteiger partial charge in [0.15, 0.2) is 0 Å². The van der Waals surface area contributed by atoms with E-state index in [9.17, 15) is 9.90 Å². The van der Waals surface area contributed by atoms with Gasteiger partial charge in [-0.15, -0.1) is 0 Å². The quantitative estimate of drug-likeness (QED) is 0.747. The lowest BCUT2D eigenvalue weighted by Crippen LogP contribution is -2.44. The van der Waals surface area contributed by atoms with Crippen LogP contribution in [0, 0.1) is 0 Å². The zero-order valence-corrected chi connectivity index (χ0v) is 12.4. The van der Waals surface area contributed by atoms with Crippen molar-refractivity contribution in [1.29, 1.82) is 0 Å². The van der Waals surface area contributed by atoms with Crippen molar-refractivity contribution in [3.63, 3.8) is 0 Å². The van der Waals surface area contributed by atoms with Crippen LogP contribution in [0.5, 0.6) is 0 Å². The average Bonchev–Trinajstić information content (AvgIpc) is 2.40. The standard InChI is InChI=1S/C14H19BrN2O2/c15-11-5-4-10(8-12(11)16)13(18)17-9-14(19)6-2-1-3-7-14/h4-5,8,19H,1-3,6-7,9,16H2,(H,17,18). The Kier molecular flexibility index (Phi) is 4.47. The molecule has 1 aromatic rings. The van der Waals surface area contributed by atoms with Crippen molar-refractivity contribution in [3.8, 4) is 0 Å². The molecule has 1 fully saturated rings. The van der Waals surface area contributed by atoms with Gasteiger partial charge in [-0.1, -0.05) is 19.3 Å². The number of hydrogen-bond acceptors (Lipinski definition) is 3. The van der Waals surface area contributed by atoms with E-state index in [-0.39, 0.29) is 5.91 Å². The second-order valence-electron chi connectivity index (χ2n) is 5.20. The molecule has 4 N–H and O–H groups in total. The summed E-state index contributed by atoms with van der Waals surface area (Å²) >= 11 is 3.29. The first kappa shape index (κ1) is 14.3. The zero-order valence-electron chi connectivity index (χ0n) is 10.8. The van der Waals surface area contributed by atoms with Crippen LogP contribution in [0.2, 0.25) is 0 Å². The zero-order chi connectivity index (χ0) is 13.9. The van der Waals surface area contributed by atoms with Gasteiger partial charge in [0.25, 0.3) is 5.91 Å². The molecule has 1 aliphatic carbocycles. The molecule has 2 rings (SSSR count). The van der Waals surface area contributed by atoms with E-state index in [1.807, 2.05) is 0 Å². The highest BCUT2D eigenvalue weighted by Crippen LogP contribution is 2.27. The van der Waals surface area contributed by atoms with Crippen LogP contribution in [0.4, 0.5) is 5.69 Å². The molecule has 0 radical (unpaired) electrons. The molecule has 0 spiro atoms. The maximum absolute atomic E-state index is 12.0. The molecule has 0 atom stereocenters. The molecule has 0 heterocycles. The molecular weight excluding hydrogens is 308 g/mol. The maximum Gasteiger partial charge on any atom is 0.251 e. The van der Waals surface area contributed by atoms with Crippen LogP contribution in [0.15, 0.2) is 22.7 Å².